The van der Waals surface area contributed by atoms with Crippen LogP contribution in [0.4, 0.5) is 0 Å². The molecule has 0 fully saturated rings. The van der Waals surface area contributed by atoms with Crippen molar-refractivity contribution in [2.45, 2.75) is 59.4 Å². The van der Waals surface area contributed by atoms with E-state index in [-0.39, 0.29) is 5.54 Å². The van der Waals surface area contributed by atoms with Gasteiger partial charge in [0.25, 0.3) is 0 Å². The van der Waals surface area contributed by atoms with Crippen molar-refractivity contribution in [3.05, 3.63) is 34.3 Å². The van der Waals surface area contributed by atoms with Crippen LogP contribution in [0, 0.1) is 5.41 Å². The first kappa shape index (κ1) is 16.7. The summed E-state index contributed by atoms with van der Waals surface area (Å²) < 4.78 is 1.17. The highest BCUT2D eigenvalue weighted by atomic mass is 79.9. The fourth-order valence-electron chi connectivity index (χ4n) is 2.46. The molecule has 0 radical (unpaired) electrons. The Hall–Kier alpha value is -0.340. The van der Waals surface area contributed by atoms with Crippen LogP contribution in [0.3, 0.4) is 0 Å². The number of rotatable bonds is 6. The lowest BCUT2D eigenvalue weighted by Crippen LogP contribution is -2.43. The highest BCUT2D eigenvalue weighted by Gasteiger charge is 2.25. The lowest BCUT2D eigenvalue weighted by molar-refractivity contribution is 0.243. The van der Waals surface area contributed by atoms with Gasteiger partial charge in [0, 0.05) is 16.6 Å². The van der Waals surface area contributed by atoms with Crippen LogP contribution >= 0.6 is 15.9 Å². The van der Waals surface area contributed by atoms with Crippen LogP contribution in [0.2, 0.25) is 0 Å². The fourth-order valence-corrected chi connectivity index (χ4v) is 2.91. The van der Waals surface area contributed by atoms with E-state index in [0.29, 0.717) is 5.41 Å². The molecular formula is C17H28BrN. The molecule has 0 spiro atoms. The number of hydrogen-bond acceptors (Lipinski definition) is 1. The fraction of sp³-hybridized carbons (Fsp3) is 0.647. The van der Waals surface area contributed by atoms with E-state index in [4.69, 9.17) is 0 Å². The standard InChI is InChI=1S/C17H28BrN/c1-6-10-17(5,13-19-16(2,3)4)12-14-8-7-9-15(18)11-14/h7-9,11,19H,6,10,12-13H2,1-5H3. The van der Waals surface area contributed by atoms with Crippen molar-refractivity contribution in [2.24, 2.45) is 5.41 Å². The normalized spacial score (nSPS) is 15.3. The summed E-state index contributed by atoms with van der Waals surface area (Å²) in [6.45, 7) is 12.4. The molecule has 108 valence electrons. The molecule has 0 heterocycles. The topological polar surface area (TPSA) is 12.0 Å². The van der Waals surface area contributed by atoms with Crippen LogP contribution in [-0.4, -0.2) is 12.1 Å². The van der Waals surface area contributed by atoms with Crippen molar-refractivity contribution in [3.8, 4) is 0 Å². The molecule has 19 heavy (non-hydrogen) atoms. The van der Waals surface area contributed by atoms with Gasteiger partial charge in [-0.3, -0.25) is 0 Å². The van der Waals surface area contributed by atoms with Gasteiger partial charge in [-0.1, -0.05) is 48.3 Å². The van der Waals surface area contributed by atoms with Gasteiger partial charge >= 0.3 is 0 Å². The minimum absolute atomic E-state index is 0.187. The van der Waals surface area contributed by atoms with Gasteiger partial charge in [0.15, 0.2) is 0 Å². The van der Waals surface area contributed by atoms with Crippen molar-refractivity contribution in [3.63, 3.8) is 0 Å². The van der Waals surface area contributed by atoms with Crippen LogP contribution in [0.15, 0.2) is 28.7 Å². The third-order valence-electron chi connectivity index (χ3n) is 3.42. The summed E-state index contributed by atoms with van der Waals surface area (Å²) in [6, 6.07) is 8.69. The average molecular weight is 326 g/mol. The quantitative estimate of drug-likeness (QED) is 0.759. The van der Waals surface area contributed by atoms with E-state index in [1.807, 2.05) is 0 Å². The van der Waals surface area contributed by atoms with Crippen molar-refractivity contribution in [1.82, 2.24) is 5.32 Å². The van der Waals surface area contributed by atoms with E-state index in [2.05, 4.69) is 80.1 Å². The van der Waals surface area contributed by atoms with Gasteiger partial charge in [0.1, 0.15) is 0 Å². The van der Waals surface area contributed by atoms with Crippen molar-refractivity contribution in [2.75, 3.05) is 6.54 Å². The Morgan fingerprint density at radius 1 is 1.16 bits per heavy atom. The molecule has 0 saturated carbocycles. The van der Waals surface area contributed by atoms with Crippen LogP contribution in [0.25, 0.3) is 0 Å². The molecule has 1 aromatic rings. The van der Waals surface area contributed by atoms with Crippen molar-refractivity contribution in [1.29, 1.82) is 0 Å². The monoisotopic (exact) mass is 325 g/mol. The molecule has 1 unspecified atom stereocenters. The van der Waals surface area contributed by atoms with E-state index in [1.165, 1.54) is 22.9 Å². The Balaban J connectivity index is 2.75. The third kappa shape index (κ3) is 6.58. The number of hydrogen-bond donors (Lipinski definition) is 1. The molecular weight excluding hydrogens is 298 g/mol. The SMILES string of the molecule is CCCC(C)(CNC(C)(C)C)Cc1cccc(Br)c1. The molecule has 0 aliphatic carbocycles. The minimum Gasteiger partial charge on any atom is -0.312 e. The third-order valence-corrected chi connectivity index (χ3v) is 3.91. The second-order valence-electron chi connectivity index (χ2n) is 6.97. The van der Waals surface area contributed by atoms with Gasteiger partial charge in [-0.05, 0) is 56.7 Å². The first-order valence-corrected chi connectivity index (χ1v) is 8.03. The molecule has 0 aromatic heterocycles. The van der Waals surface area contributed by atoms with E-state index in [1.54, 1.807) is 0 Å². The zero-order valence-corrected chi connectivity index (χ0v) is 14.6. The van der Waals surface area contributed by atoms with Crippen LogP contribution < -0.4 is 5.32 Å². The Labute approximate surface area is 127 Å². The van der Waals surface area contributed by atoms with Crippen molar-refractivity contribution >= 4 is 15.9 Å². The smallest absolute Gasteiger partial charge is 0.0177 e. The van der Waals surface area contributed by atoms with Gasteiger partial charge in [0.05, 0.1) is 0 Å². The van der Waals surface area contributed by atoms with Gasteiger partial charge in [-0.15, -0.1) is 0 Å². The molecule has 0 saturated heterocycles. The summed E-state index contributed by atoms with van der Waals surface area (Å²) in [7, 11) is 0. The Bertz CT molecular complexity index is 394. The molecule has 0 amide bonds. The van der Waals surface area contributed by atoms with E-state index >= 15 is 0 Å². The predicted octanol–water partition coefficient (Wildman–Crippen LogP) is 5.19. The predicted molar refractivity (Wildman–Crippen MR) is 88.6 cm³/mol. The molecule has 1 aromatic carbocycles. The van der Waals surface area contributed by atoms with Gasteiger partial charge in [-0.2, -0.15) is 0 Å². The summed E-state index contributed by atoms with van der Waals surface area (Å²) in [5.41, 5.74) is 1.93. The van der Waals surface area contributed by atoms with Gasteiger partial charge < -0.3 is 5.32 Å². The molecule has 2 heteroatoms. The molecule has 1 atom stereocenters. The zero-order chi connectivity index (χ0) is 14.5. The maximum Gasteiger partial charge on any atom is 0.0177 e. The maximum atomic E-state index is 3.67. The van der Waals surface area contributed by atoms with Crippen LogP contribution in [-0.2, 0) is 6.42 Å². The maximum absolute atomic E-state index is 3.67. The Morgan fingerprint density at radius 3 is 2.37 bits per heavy atom. The summed E-state index contributed by atoms with van der Waals surface area (Å²) in [6.07, 6.45) is 3.61. The van der Waals surface area contributed by atoms with Gasteiger partial charge in [-0.25, -0.2) is 0 Å². The van der Waals surface area contributed by atoms with Gasteiger partial charge in [0.2, 0.25) is 0 Å². The molecule has 0 aliphatic heterocycles. The van der Waals surface area contributed by atoms with Crippen LogP contribution in [0.5, 0.6) is 0 Å². The summed E-state index contributed by atoms with van der Waals surface area (Å²) >= 11 is 3.56. The number of benzene rings is 1. The van der Waals surface area contributed by atoms with E-state index in [9.17, 15) is 0 Å². The van der Waals surface area contributed by atoms with E-state index in [0.717, 1.165) is 13.0 Å². The minimum atomic E-state index is 0.187. The zero-order valence-electron chi connectivity index (χ0n) is 13.0. The summed E-state index contributed by atoms with van der Waals surface area (Å²) in [5, 5.41) is 3.67. The average Bonchev–Trinajstić information content (AvgIpc) is 2.26. The second-order valence-corrected chi connectivity index (χ2v) is 7.89. The highest BCUT2D eigenvalue weighted by molar-refractivity contribution is 9.10. The van der Waals surface area contributed by atoms with E-state index < -0.39 is 0 Å². The number of halogens is 1. The molecule has 1 rings (SSSR count). The molecule has 1 N–H and O–H groups in total. The Kier molecular flexibility index (Phi) is 6.07. The second kappa shape index (κ2) is 6.90. The molecule has 0 aliphatic rings. The Morgan fingerprint density at radius 2 is 1.84 bits per heavy atom. The number of nitrogens with one attached hydrogen (secondary N) is 1. The molecule has 1 nitrogen and oxygen atoms in total. The highest BCUT2D eigenvalue weighted by Crippen LogP contribution is 2.29. The summed E-state index contributed by atoms with van der Waals surface area (Å²) in [4.78, 5) is 0. The van der Waals surface area contributed by atoms with Crippen molar-refractivity contribution < 1.29 is 0 Å². The molecule has 0 bridgehead atoms. The first-order valence-electron chi connectivity index (χ1n) is 7.24. The largest absolute Gasteiger partial charge is 0.312 e. The first-order chi connectivity index (χ1) is 8.74. The lowest BCUT2D eigenvalue weighted by Gasteiger charge is -2.34. The summed E-state index contributed by atoms with van der Waals surface area (Å²) in [5.74, 6) is 0. The lowest BCUT2D eigenvalue weighted by atomic mass is 9.79. The van der Waals surface area contributed by atoms with Crippen LogP contribution in [0.1, 0.15) is 53.0 Å².